The van der Waals surface area contributed by atoms with Crippen LogP contribution in [0.2, 0.25) is 0 Å². The fraction of sp³-hybridized carbons (Fsp3) is 0.385. The highest BCUT2D eigenvalue weighted by molar-refractivity contribution is 7.99. The first-order valence-corrected chi connectivity index (χ1v) is 14.6. The van der Waals surface area contributed by atoms with Gasteiger partial charge in [-0.05, 0) is 50.7 Å². The number of carbonyl (C=O) groups is 2. The van der Waals surface area contributed by atoms with Gasteiger partial charge in [0.1, 0.15) is 5.00 Å². The minimum atomic E-state index is -0.391. The van der Waals surface area contributed by atoms with Crippen LogP contribution in [0.15, 0.2) is 34.8 Å². The molecule has 0 radical (unpaired) electrons. The van der Waals surface area contributed by atoms with E-state index < -0.39 is 5.97 Å². The molecule has 5 rings (SSSR count). The number of nitrogens with zero attached hydrogens (tertiary/aromatic N) is 3. The van der Waals surface area contributed by atoms with Crippen molar-refractivity contribution in [2.45, 2.75) is 51.2 Å². The number of hydrogen-bond donors (Lipinski definition) is 1. The lowest BCUT2D eigenvalue weighted by atomic mass is 9.88. The number of hydrogen-bond acceptors (Lipinski definition) is 8. The van der Waals surface area contributed by atoms with Gasteiger partial charge in [-0.15, -0.1) is 32.9 Å². The first-order chi connectivity index (χ1) is 17.4. The lowest BCUT2D eigenvalue weighted by molar-refractivity contribution is -0.113. The molecule has 3 heterocycles. The normalized spacial score (nSPS) is 15.3. The van der Waals surface area contributed by atoms with Crippen LogP contribution in [0.4, 0.5) is 5.00 Å². The van der Waals surface area contributed by atoms with Crippen molar-refractivity contribution in [2.75, 3.05) is 18.2 Å². The molecular formula is C26H28N4O3S3. The fourth-order valence-electron chi connectivity index (χ4n) is 4.63. The standard InChI is InChI=1S/C26H28N4O3S3/c1-14(2)30-23(18-12-34-19-8-6-5-7-16(18)19)28-29-26(30)35-13-21(31)27-24-22(25(32)33-4)17-10-9-15(3)11-20(17)36-24/h5-8,12,14-15H,9-11,13H2,1-4H3,(H,27,31). The number of thioether (sulfide) groups is 1. The van der Waals surface area contributed by atoms with E-state index in [0.717, 1.165) is 41.6 Å². The van der Waals surface area contributed by atoms with Crippen molar-refractivity contribution in [3.05, 3.63) is 45.6 Å². The number of carbonyl (C=O) groups excluding carboxylic acids is 2. The Labute approximate surface area is 222 Å². The third kappa shape index (κ3) is 4.69. The van der Waals surface area contributed by atoms with Crippen LogP contribution in [0.3, 0.4) is 0 Å². The van der Waals surface area contributed by atoms with E-state index in [1.165, 1.54) is 39.8 Å². The molecule has 1 unspecified atom stereocenters. The number of aromatic nitrogens is 3. The van der Waals surface area contributed by atoms with Crippen LogP contribution in [0.5, 0.6) is 0 Å². The molecule has 3 aromatic heterocycles. The van der Waals surface area contributed by atoms with E-state index in [1.807, 2.05) is 12.1 Å². The maximum atomic E-state index is 13.0. The molecule has 0 saturated carbocycles. The summed E-state index contributed by atoms with van der Waals surface area (Å²) < 4.78 is 8.32. The number of rotatable bonds is 7. The summed E-state index contributed by atoms with van der Waals surface area (Å²) in [6, 6.07) is 8.38. The van der Waals surface area contributed by atoms with Gasteiger partial charge in [0.15, 0.2) is 11.0 Å². The first-order valence-electron chi connectivity index (χ1n) is 11.9. The van der Waals surface area contributed by atoms with Gasteiger partial charge in [-0.1, -0.05) is 36.9 Å². The molecule has 0 bridgehead atoms. The van der Waals surface area contributed by atoms with Gasteiger partial charge in [-0.3, -0.25) is 9.36 Å². The highest BCUT2D eigenvalue weighted by atomic mass is 32.2. The second kappa shape index (κ2) is 10.4. The van der Waals surface area contributed by atoms with E-state index in [-0.39, 0.29) is 17.7 Å². The van der Waals surface area contributed by atoms with Crippen LogP contribution in [-0.4, -0.2) is 39.5 Å². The molecule has 1 aromatic carbocycles. The summed E-state index contributed by atoms with van der Waals surface area (Å²) in [4.78, 5) is 26.7. The van der Waals surface area contributed by atoms with Gasteiger partial charge in [-0.2, -0.15) is 0 Å². The molecule has 1 N–H and O–H groups in total. The van der Waals surface area contributed by atoms with Crippen molar-refractivity contribution < 1.29 is 14.3 Å². The lowest BCUT2D eigenvalue weighted by Gasteiger charge is -2.18. The number of amides is 1. The van der Waals surface area contributed by atoms with Crippen LogP contribution in [0.25, 0.3) is 21.5 Å². The predicted molar refractivity (Wildman–Crippen MR) is 147 cm³/mol. The van der Waals surface area contributed by atoms with Gasteiger partial charge in [0, 0.05) is 31.9 Å². The van der Waals surface area contributed by atoms with E-state index in [4.69, 9.17) is 4.74 Å². The van der Waals surface area contributed by atoms with Crippen LogP contribution in [0, 0.1) is 5.92 Å². The van der Waals surface area contributed by atoms with Gasteiger partial charge in [-0.25, -0.2) is 4.79 Å². The summed E-state index contributed by atoms with van der Waals surface area (Å²) in [6.07, 6.45) is 2.79. The molecule has 36 heavy (non-hydrogen) atoms. The average Bonchev–Trinajstić information content (AvgIpc) is 3.56. The van der Waals surface area contributed by atoms with E-state index in [1.54, 1.807) is 11.3 Å². The smallest absolute Gasteiger partial charge is 0.341 e. The van der Waals surface area contributed by atoms with E-state index in [0.29, 0.717) is 21.6 Å². The molecule has 4 aromatic rings. The Morgan fingerprint density at radius 1 is 1.28 bits per heavy atom. The summed E-state index contributed by atoms with van der Waals surface area (Å²) in [7, 11) is 1.38. The maximum Gasteiger partial charge on any atom is 0.341 e. The highest BCUT2D eigenvalue weighted by Crippen LogP contribution is 2.40. The van der Waals surface area contributed by atoms with E-state index in [9.17, 15) is 9.59 Å². The molecule has 0 fully saturated rings. The number of nitrogens with one attached hydrogen (secondary N) is 1. The molecule has 1 amide bonds. The number of ether oxygens (including phenoxy) is 1. The highest BCUT2D eigenvalue weighted by Gasteiger charge is 2.29. The zero-order chi connectivity index (χ0) is 25.4. The molecule has 0 spiro atoms. The van der Waals surface area contributed by atoms with Crippen LogP contribution >= 0.6 is 34.4 Å². The van der Waals surface area contributed by atoms with Crippen molar-refractivity contribution >= 4 is 61.4 Å². The lowest BCUT2D eigenvalue weighted by Crippen LogP contribution is -2.17. The molecule has 1 atom stereocenters. The Morgan fingerprint density at radius 3 is 2.86 bits per heavy atom. The molecule has 1 aliphatic carbocycles. The largest absolute Gasteiger partial charge is 0.465 e. The molecule has 10 heteroatoms. The van der Waals surface area contributed by atoms with Crippen molar-refractivity contribution in [3.8, 4) is 11.4 Å². The Hall–Kier alpha value is -2.69. The second-order valence-corrected chi connectivity index (χ2v) is 12.3. The summed E-state index contributed by atoms with van der Waals surface area (Å²) in [5.41, 5.74) is 2.59. The number of anilines is 1. The van der Waals surface area contributed by atoms with Crippen molar-refractivity contribution in [1.29, 1.82) is 0 Å². The summed E-state index contributed by atoms with van der Waals surface area (Å²) in [5, 5.41) is 16.4. The number of thiophene rings is 2. The van der Waals surface area contributed by atoms with Crippen molar-refractivity contribution in [2.24, 2.45) is 5.92 Å². The molecule has 188 valence electrons. The van der Waals surface area contributed by atoms with E-state index in [2.05, 4.69) is 58.4 Å². The van der Waals surface area contributed by atoms with Crippen LogP contribution in [0.1, 0.15) is 54.0 Å². The molecule has 0 saturated heterocycles. The Balaban J connectivity index is 1.36. The summed E-state index contributed by atoms with van der Waals surface area (Å²) in [6.45, 7) is 6.39. The maximum absolute atomic E-state index is 13.0. The molecular weight excluding hydrogens is 513 g/mol. The third-order valence-electron chi connectivity index (χ3n) is 6.39. The molecule has 1 aliphatic rings. The average molecular weight is 541 g/mol. The fourth-order valence-corrected chi connectivity index (χ4v) is 7.85. The minimum Gasteiger partial charge on any atom is -0.465 e. The van der Waals surface area contributed by atoms with Crippen LogP contribution in [-0.2, 0) is 22.4 Å². The second-order valence-electron chi connectivity index (χ2n) is 9.30. The Morgan fingerprint density at radius 2 is 2.08 bits per heavy atom. The van der Waals surface area contributed by atoms with Gasteiger partial charge >= 0.3 is 5.97 Å². The number of esters is 1. The molecule has 0 aliphatic heterocycles. The Bertz CT molecular complexity index is 1440. The Kier molecular flexibility index (Phi) is 7.18. The SMILES string of the molecule is COC(=O)c1c(NC(=O)CSc2nnc(-c3csc4ccccc34)n2C(C)C)sc2c1CCC(C)C2. The number of fused-ring (bicyclic) bond motifs is 2. The van der Waals surface area contributed by atoms with Gasteiger partial charge < -0.3 is 10.1 Å². The monoisotopic (exact) mass is 540 g/mol. The van der Waals surface area contributed by atoms with Gasteiger partial charge in [0.25, 0.3) is 0 Å². The van der Waals surface area contributed by atoms with Crippen molar-refractivity contribution in [1.82, 2.24) is 14.8 Å². The van der Waals surface area contributed by atoms with Gasteiger partial charge in [0.2, 0.25) is 5.91 Å². The summed E-state index contributed by atoms with van der Waals surface area (Å²) in [5.74, 6) is 0.959. The predicted octanol–water partition coefficient (Wildman–Crippen LogP) is 6.44. The topological polar surface area (TPSA) is 86.1 Å². The van der Waals surface area contributed by atoms with Gasteiger partial charge in [0.05, 0.1) is 18.4 Å². The number of methoxy groups -OCH3 is 1. The number of benzene rings is 1. The van der Waals surface area contributed by atoms with E-state index >= 15 is 0 Å². The quantitative estimate of drug-likeness (QED) is 0.214. The molecule has 7 nitrogen and oxygen atoms in total. The summed E-state index contributed by atoms with van der Waals surface area (Å²) >= 11 is 4.53. The minimum absolute atomic E-state index is 0.121. The first kappa shape index (κ1) is 25.0. The zero-order valence-electron chi connectivity index (χ0n) is 20.7. The third-order valence-corrected chi connectivity index (χ3v) is 9.47. The van der Waals surface area contributed by atoms with Crippen molar-refractivity contribution in [3.63, 3.8) is 0 Å². The zero-order valence-corrected chi connectivity index (χ0v) is 23.1. The van der Waals surface area contributed by atoms with Crippen LogP contribution < -0.4 is 5.32 Å².